The molecule has 9 heteroatoms. The monoisotopic (exact) mass is 445 g/mol. The van der Waals surface area contributed by atoms with E-state index in [-0.39, 0.29) is 17.0 Å². The Balaban J connectivity index is 1.55. The Kier molecular flexibility index (Phi) is 6.21. The summed E-state index contributed by atoms with van der Waals surface area (Å²) in [6, 6.07) is 4.86. The average Bonchev–Trinajstić information content (AvgIpc) is 3.15. The molecule has 0 radical (unpaired) electrons. The molecule has 1 aromatic carbocycles. The summed E-state index contributed by atoms with van der Waals surface area (Å²) in [4.78, 5) is 14.2. The Hall–Kier alpha value is -1.16. The van der Waals surface area contributed by atoms with Crippen LogP contribution >= 0.6 is 15.9 Å². The van der Waals surface area contributed by atoms with Crippen LogP contribution in [0.15, 0.2) is 27.6 Å². The van der Waals surface area contributed by atoms with Crippen molar-refractivity contribution in [3.8, 4) is 0 Å². The number of carbonyl (C=O) groups excluding carboxylic acids is 1. The van der Waals surface area contributed by atoms with Crippen molar-refractivity contribution in [3.63, 3.8) is 0 Å². The minimum absolute atomic E-state index is 0.0984. The van der Waals surface area contributed by atoms with Crippen LogP contribution in [-0.4, -0.2) is 69.1 Å². The Labute approximate surface area is 162 Å². The lowest BCUT2D eigenvalue weighted by atomic mass is 10.2. The Bertz CT molecular complexity index is 757. The van der Waals surface area contributed by atoms with E-state index in [0.717, 1.165) is 29.5 Å². The lowest BCUT2D eigenvalue weighted by Crippen LogP contribution is -2.53. The summed E-state index contributed by atoms with van der Waals surface area (Å²) in [6.07, 6.45) is 2.10. The molecule has 2 aliphatic heterocycles. The van der Waals surface area contributed by atoms with Gasteiger partial charge in [0.1, 0.15) is 0 Å². The molecule has 1 atom stereocenters. The van der Waals surface area contributed by atoms with Gasteiger partial charge in [-0.15, -0.1) is 0 Å². The molecule has 1 aromatic rings. The predicted octanol–water partition coefficient (Wildman–Crippen LogP) is 1.95. The molecule has 2 heterocycles. The molecule has 0 bridgehead atoms. The second-order valence-corrected chi connectivity index (χ2v) is 9.42. The molecule has 1 N–H and O–H groups in total. The maximum absolute atomic E-state index is 12.8. The van der Waals surface area contributed by atoms with Crippen molar-refractivity contribution >= 4 is 32.0 Å². The van der Waals surface area contributed by atoms with E-state index in [1.807, 2.05) is 6.92 Å². The van der Waals surface area contributed by atoms with Gasteiger partial charge in [0.25, 0.3) is 0 Å². The summed E-state index contributed by atoms with van der Waals surface area (Å²) in [7, 11) is -3.54. The fraction of sp³-hybridized carbons (Fsp3) is 0.588. The Morgan fingerprint density at radius 3 is 2.65 bits per heavy atom. The van der Waals surface area contributed by atoms with Crippen LogP contribution in [0.25, 0.3) is 0 Å². The lowest BCUT2D eigenvalue weighted by Gasteiger charge is -2.34. The third-order valence-electron chi connectivity index (χ3n) is 4.80. The first kappa shape index (κ1) is 19.6. The number of carbonyl (C=O) groups is 1. The van der Waals surface area contributed by atoms with E-state index in [4.69, 9.17) is 4.74 Å². The van der Waals surface area contributed by atoms with Gasteiger partial charge >= 0.3 is 6.03 Å². The highest BCUT2D eigenvalue weighted by molar-refractivity contribution is 9.10. The molecule has 0 spiro atoms. The van der Waals surface area contributed by atoms with Gasteiger partial charge in [-0.2, -0.15) is 4.31 Å². The molecule has 26 heavy (non-hydrogen) atoms. The van der Waals surface area contributed by atoms with Crippen LogP contribution in [0.2, 0.25) is 0 Å². The first-order valence-electron chi connectivity index (χ1n) is 8.78. The molecular weight excluding hydrogens is 422 g/mol. The van der Waals surface area contributed by atoms with Gasteiger partial charge in [-0.25, -0.2) is 13.2 Å². The smallest absolute Gasteiger partial charge is 0.317 e. The molecule has 144 valence electrons. The summed E-state index contributed by atoms with van der Waals surface area (Å²) in [5.41, 5.74) is 0.873. The zero-order valence-electron chi connectivity index (χ0n) is 14.8. The quantitative estimate of drug-likeness (QED) is 0.767. The zero-order chi connectivity index (χ0) is 18.7. The largest absolute Gasteiger partial charge is 0.376 e. The van der Waals surface area contributed by atoms with Crippen LogP contribution in [-0.2, 0) is 14.8 Å². The molecule has 2 saturated heterocycles. The minimum Gasteiger partial charge on any atom is -0.376 e. The van der Waals surface area contributed by atoms with Gasteiger partial charge in [-0.05, 0) is 43.5 Å². The van der Waals surface area contributed by atoms with E-state index >= 15 is 0 Å². The number of nitrogens with zero attached hydrogens (tertiary/aromatic N) is 2. The summed E-state index contributed by atoms with van der Waals surface area (Å²) in [5, 5.41) is 2.88. The van der Waals surface area contributed by atoms with Crippen LogP contribution in [0.3, 0.4) is 0 Å². The Morgan fingerprint density at radius 1 is 1.31 bits per heavy atom. The molecule has 0 unspecified atom stereocenters. The maximum Gasteiger partial charge on any atom is 0.317 e. The molecule has 3 rings (SSSR count). The number of urea groups is 1. The molecular formula is C17H24BrN3O4S. The number of hydrogen-bond acceptors (Lipinski definition) is 4. The number of benzene rings is 1. The van der Waals surface area contributed by atoms with Crippen LogP contribution < -0.4 is 5.32 Å². The van der Waals surface area contributed by atoms with Crippen LogP contribution in [0.4, 0.5) is 4.79 Å². The van der Waals surface area contributed by atoms with Gasteiger partial charge in [0.2, 0.25) is 10.0 Å². The summed E-state index contributed by atoms with van der Waals surface area (Å²) < 4.78 is 33.4. The number of sulfonamides is 1. The normalized spacial score (nSPS) is 21.8. The van der Waals surface area contributed by atoms with Crippen molar-refractivity contribution in [2.24, 2.45) is 0 Å². The third-order valence-corrected chi connectivity index (χ3v) is 7.58. The second kappa shape index (κ2) is 8.24. The van der Waals surface area contributed by atoms with Crippen molar-refractivity contribution in [1.29, 1.82) is 0 Å². The highest BCUT2D eigenvalue weighted by atomic mass is 79.9. The number of rotatable bonds is 4. The average molecular weight is 446 g/mol. The fourth-order valence-corrected chi connectivity index (χ4v) is 4.93. The van der Waals surface area contributed by atoms with E-state index in [9.17, 15) is 13.2 Å². The number of amides is 2. The van der Waals surface area contributed by atoms with Gasteiger partial charge in [0, 0.05) is 43.8 Å². The van der Waals surface area contributed by atoms with Crippen LogP contribution in [0, 0.1) is 6.92 Å². The SMILES string of the molecule is Cc1cc(S(=O)(=O)N2CCN(C(=O)NC[C@@H]3CCCO3)CC2)ccc1Br. The van der Waals surface area contributed by atoms with Crippen LogP contribution in [0.5, 0.6) is 0 Å². The molecule has 0 aromatic heterocycles. The van der Waals surface area contributed by atoms with Crippen LogP contribution in [0.1, 0.15) is 18.4 Å². The van der Waals surface area contributed by atoms with Crippen molar-refractivity contribution in [3.05, 3.63) is 28.2 Å². The van der Waals surface area contributed by atoms with Gasteiger partial charge in [-0.3, -0.25) is 0 Å². The van der Waals surface area contributed by atoms with E-state index in [2.05, 4.69) is 21.2 Å². The number of piperazine rings is 1. The standard InChI is InChI=1S/C17H24BrN3O4S/c1-13-11-15(4-5-16(13)18)26(23,24)21-8-6-20(7-9-21)17(22)19-12-14-3-2-10-25-14/h4-5,11,14H,2-3,6-10,12H2,1H3,(H,19,22)/t14-/m0/s1. The number of nitrogens with one attached hydrogen (secondary N) is 1. The summed E-state index contributed by atoms with van der Waals surface area (Å²) >= 11 is 3.39. The maximum atomic E-state index is 12.8. The first-order valence-corrected chi connectivity index (χ1v) is 11.0. The number of aryl methyl sites for hydroxylation is 1. The van der Waals surface area contributed by atoms with E-state index in [1.165, 1.54) is 4.31 Å². The highest BCUT2D eigenvalue weighted by Crippen LogP contribution is 2.23. The summed E-state index contributed by atoms with van der Waals surface area (Å²) in [6.45, 7) is 4.48. The van der Waals surface area contributed by atoms with Gasteiger partial charge in [0.15, 0.2) is 0 Å². The van der Waals surface area contributed by atoms with Crippen molar-refractivity contribution in [1.82, 2.24) is 14.5 Å². The molecule has 2 amide bonds. The number of ether oxygens (including phenoxy) is 1. The van der Waals surface area contributed by atoms with Gasteiger partial charge in [-0.1, -0.05) is 15.9 Å². The molecule has 7 nitrogen and oxygen atoms in total. The second-order valence-electron chi connectivity index (χ2n) is 6.62. The van der Waals surface area contributed by atoms with Gasteiger partial charge in [0.05, 0.1) is 11.0 Å². The minimum atomic E-state index is -3.54. The van der Waals surface area contributed by atoms with Crippen molar-refractivity contribution in [2.45, 2.75) is 30.8 Å². The fourth-order valence-electron chi connectivity index (χ4n) is 3.18. The Morgan fingerprint density at radius 2 is 2.04 bits per heavy atom. The number of hydrogen-bond donors (Lipinski definition) is 1. The third kappa shape index (κ3) is 4.39. The molecule has 2 fully saturated rings. The molecule has 0 aliphatic carbocycles. The van der Waals surface area contributed by atoms with E-state index in [0.29, 0.717) is 32.7 Å². The number of halogens is 1. The predicted molar refractivity (Wildman–Crippen MR) is 102 cm³/mol. The molecule has 0 saturated carbocycles. The van der Waals surface area contributed by atoms with Crippen molar-refractivity contribution in [2.75, 3.05) is 39.3 Å². The van der Waals surface area contributed by atoms with Gasteiger partial charge < -0.3 is 15.0 Å². The highest BCUT2D eigenvalue weighted by Gasteiger charge is 2.30. The topological polar surface area (TPSA) is 79.0 Å². The van der Waals surface area contributed by atoms with E-state index in [1.54, 1.807) is 23.1 Å². The van der Waals surface area contributed by atoms with E-state index < -0.39 is 10.0 Å². The van der Waals surface area contributed by atoms with Crippen molar-refractivity contribution < 1.29 is 17.9 Å². The lowest BCUT2D eigenvalue weighted by molar-refractivity contribution is 0.107. The first-order chi connectivity index (χ1) is 12.4. The zero-order valence-corrected chi connectivity index (χ0v) is 17.2. The molecule has 2 aliphatic rings. The summed E-state index contributed by atoms with van der Waals surface area (Å²) in [5.74, 6) is 0.